The summed E-state index contributed by atoms with van der Waals surface area (Å²) < 4.78 is 1.59. The molecule has 3 N–H and O–H groups in total. The average molecular weight is 475 g/mol. The molecule has 3 aromatic heterocycles. The molecule has 0 bridgehead atoms. The van der Waals surface area contributed by atoms with E-state index in [0.29, 0.717) is 22.4 Å². The van der Waals surface area contributed by atoms with E-state index in [9.17, 15) is 10.1 Å². The van der Waals surface area contributed by atoms with E-state index >= 15 is 0 Å². The van der Waals surface area contributed by atoms with Crippen LogP contribution >= 0.6 is 0 Å². The molecule has 0 radical (unpaired) electrons. The first-order valence-electron chi connectivity index (χ1n) is 11.3. The smallest absolute Gasteiger partial charge is 0.266 e. The molecule has 0 spiro atoms. The molecule has 1 unspecified atom stereocenters. The first kappa shape index (κ1) is 22.7. The zero-order valence-electron chi connectivity index (χ0n) is 19.7. The van der Waals surface area contributed by atoms with E-state index in [1.807, 2.05) is 68.4 Å². The number of nitrogens with two attached hydrogens (primary N) is 1. The Bertz CT molecular complexity index is 1690. The summed E-state index contributed by atoms with van der Waals surface area (Å²) in [6.45, 7) is 3.81. The summed E-state index contributed by atoms with van der Waals surface area (Å²) in [5.74, 6) is 0.761. The standard InChI is InChI=1S/C27H22N8O/c1-16-11-18(14-30-13-16)21-9-6-10-22-23(21)26(36)35(20-7-4-3-5-8-20)25(33-22)17(2)32-24-19(12-28)15-31-27(29)34-24/h3-11,13-15,17H,1-2H3,(H3,29,31,32,34). The molecule has 0 saturated carbocycles. The van der Waals surface area contributed by atoms with Gasteiger partial charge in [-0.15, -0.1) is 0 Å². The number of hydrogen-bond donors (Lipinski definition) is 2. The van der Waals surface area contributed by atoms with Crippen LogP contribution in [0.25, 0.3) is 27.7 Å². The summed E-state index contributed by atoms with van der Waals surface area (Å²) >= 11 is 0. The number of pyridine rings is 1. The monoisotopic (exact) mass is 474 g/mol. The Labute approximate surface area is 206 Å². The van der Waals surface area contributed by atoms with Crippen molar-refractivity contribution in [3.8, 4) is 22.9 Å². The van der Waals surface area contributed by atoms with Gasteiger partial charge in [-0.05, 0) is 49.2 Å². The molecule has 3 heterocycles. The summed E-state index contributed by atoms with van der Waals surface area (Å²) in [6.07, 6.45) is 4.88. The van der Waals surface area contributed by atoms with Crippen LogP contribution in [0.3, 0.4) is 0 Å². The normalized spacial score (nSPS) is 11.7. The highest BCUT2D eigenvalue weighted by atomic mass is 16.1. The minimum atomic E-state index is -0.506. The van der Waals surface area contributed by atoms with E-state index in [2.05, 4.69) is 26.3 Å². The van der Waals surface area contributed by atoms with Crippen molar-refractivity contribution >= 4 is 22.7 Å². The molecule has 176 valence electrons. The van der Waals surface area contributed by atoms with Crippen LogP contribution in [0.15, 0.2) is 78.0 Å². The predicted octanol–water partition coefficient (Wildman–Crippen LogP) is 4.17. The fourth-order valence-corrected chi connectivity index (χ4v) is 4.16. The maximum atomic E-state index is 14.1. The average Bonchev–Trinajstić information content (AvgIpc) is 2.89. The minimum Gasteiger partial charge on any atom is -0.368 e. The van der Waals surface area contributed by atoms with Crippen LogP contribution < -0.4 is 16.6 Å². The van der Waals surface area contributed by atoms with Crippen molar-refractivity contribution in [2.24, 2.45) is 0 Å². The number of nitrogen functional groups attached to an aromatic ring is 1. The van der Waals surface area contributed by atoms with Crippen LogP contribution in [0.2, 0.25) is 0 Å². The van der Waals surface area contributed by atoms with E-state index in [1.54, 1.807) is 17.0 Å². The van der Waals surface area contributed by atoms with Crippen molar-refractivity contribution < 1.29 is 0 Å². The Morgan fingerprint density at radius 2 is 1.86 bits per heavy atom. The zero-order valence-corrected chi connectivity index (χ0v) is 19.7. The maximum absolute atomic E-state index is 14.1. The van der Waals surface area contributed by atoms with Gasteiger partial charge in [0.05, 0.1) is 28.8 Å². The molecule has 0 aliphatic carbocycles. The highest BCUT2D eigenvalue weighted by Gasteiger charge is 2.21. The second-order valence-corrected chi connectivity index (χ2v) is 8.37. The van der Waals surface area contributed by atoms with Crippen molar-refractivity contribution in [1.29, 1.82) is 5.26 Å². The molecule has 2 aromatic carbocycles. The first-order chi connectivity index (χ1) is 17.5. The van der Waals surface area contributed by atoms with E-state index in [1.165, 1.54) is 6.20 Å². The molecule has 36 heavy (non-hydrogen) atoms. The van der Waals surface area contributed by atoms with Gasteiger partial charge in [0.2, 0.25) is 5.95 Å². The highest BCUT2D eigenvalue weighted by molar-refractivity contribution is 5.94. The van der Waals surface area contributed by atoms with Crippen LogP contribution in [0.4, 0.5) is 11.8 Å². The zero-order chi connectivity index (χ0) is 25.2. The lowest BCUT2D eigenvalue weighted by molar-refractivity contribution is 0.731. The number of para-hydroxylation sites is 1. The van der Waals surface area contributed by atoms with Gasteiger partial charge in [0.25, 0.3) is 5.56 Å². The number of nitrogens with zero attached hydrogens (tertiary/aromatic N) is 6. The summed E-state index contributed by atoms with van der Waals surface area (Å²) in [5, 5.41) is 13.2. The number of aromatic nitrogens is 5. The fraction of sp³-hybridized carbons (Fsp3) is 0.111. The van der Waals surface area contributed by atoms with Gasteiger partial charge in [0, 0.05) is 18.0 Å². The van der Waals surface area contributed by atoms with E-state index in [-0.39, 0.29) is 22.9 Å². The molecule has 5 aromatic rings. The molecule has 0 aliphatic rings. The van der Waals surface area contributed by atoms with Crippen LogP contribution in [0, 0.1) is 18.3 Å². The quantitative estimate of drug-likeness (QED) is 0.387. The van der Waals surface area contributed by atoms with Gasteiger partial charge in [-0.2, -0.15) is 10.2 Å². The van der Waals surface area contributed by atoms with Crippen molar-refractivity contribution in [3.63, 3.8) is 0 Å². The number of hydrogen-bond acceptors (Lipinski definition) is 8. The van der Waals surface area contributed by atoms with Crippen LogP contribution in [-0.2, 0) is 0 Å². The molecular formula is C27H22N8O. The number of rotatable bonds is 5. The van der Waals surface area contributed by atoms with E-state index in [4.69, 9.17) is 10.7 Å². The number of benzene rings is 2. The molecular weight excluding hydrogens is 452 g/mol. The topological polar surface area (TPSA) is 135 Å². The predicted molar refractivity (Wildman–Crippen MR) is 139 cm³/mol. The van der Waals surface area contributed by atoms with Crippen molar-refractivity contribution in [1.82, 2.24) is 24.5 Å². The maximum Gasteiger partial charge on any atom is 0.266 e. The number of fused-ring (bicyclic) bond motifs is 1. The third-order valence-corrected chi connectivity index (χ3v) is 5.79. The molecule has 1 atom stereocenters. The third kappa shape index (κ3) is 4.12. The second kappa shape index (κ2) is 9.27. The first-order valence-corrected chi connectivity index (χ1v) is 11.3. The number of nitrogens with one attached hydrogen (secondary N) is 1. The lowest BCUT2D eigenvalue weighted by Crippen LogP contribution is -2.28. The number of aryl methyl sites for hydroxylation is 1. The molecule has 5 rings (SSSR count). The second-order valence-electron chi connectivity index (χ2n) is 8.37. The van der Waals surface area contributed by atoms with Crippen LogP contribution in [0.5, 0.6) is 0 Å². The van der Waals surface area contributed by atoms with Gasteiger partial charge in [-0.1, -0.05) is 30.3 Å². The lowest BCUT2D eigenvalue weighted by Gasteiger charge is -2.21. The van der Waals surface area contributed by atoms with Gasteiger partial charge < -0.3 is 11.1 Å². The molecule has 0 amide bonds. The largest absolute Gasteiger partial charge is 0.368 e. The Kier molecular flexibility index (Phi) is 5.84. The van der Waals surface area contributed by atoms with Crippen LogP contribution in [-0.4, -0.2) is 24.5 Å². The van der Waals surface area contributed by atoms with Crippen molar-refractivity contribution in [3.05, 3.63) is 100 Å². The van der Waals surface area contributed by atoms with Crippen LogP contribution in [0.1, 0.15) is 29.9 Å². The van der Waals surface area contributed by atoms with E-state index in [0.717, 1.165) is 16.7 Å². The summed E-state index contributed by atoms with van der Waals surface area (Å²) in [4.78, 5) is 31.4. The van der Waals surface area contributed by atoms with Crippen molar-refractivity contribution in [2.75, 3.05) is 11.1 Å². The van der Waals surface area contributed by atoms with E-state index < -0.39 is 6.04 Å². The highest BCUT2D eigenvalue weighted by Crippen LogP contribution is 2.28. The van der Waals surface area contributed by atoms with Gasteiger partial charge in [-0.25, -0.2) is 9.97 Å². The third-order valence-electron chi connectivity index (χ3n) is 5.79. The van der Waals surface area contributed by atoms with Gasteiger partial charge in [0.15, 0.2) is 0 Å². The Hall–Kier alpha value is -5.10. The number of nitriles is 1. The van der Waals surface area contributed by atoms with Crippen molar-refractivity contribution in [2.45, 2.75) is 19.9 Å². The summed E-state index contributed by atoms with van der Waals surface area (Å²) in [7, 11) is 0. The molecule has 0 aliphatic heterocycles. The Balaban J connectivity index is 1.75. The minimum absolute atomic E-state index is 0.0343. The van der Waals surface area contributed by atoms with Gasteiger partial charge >= 0.3 is 0 Å². The fourth-order valence-electron chi connectivity index (χ4n) is 4.16. The van der Waals surface area contributed by atoms with Gasteiger partial charge in [0.1, 0.15) is 23.3 Å². The summed E-state index contributed by atoms with van der Waals surface area (Å²) in [5.41, 5.74) is 9.59. The Morgan fingerprint density at radius 1 is 1.06 bits per heavy atom. The lowest BCUT2D eigenvalue weighted by atomic mass is 10.0. The SMILES string of the molecule is Cc1cncc(-c2cccc3nc(C(C)Nc4nc(N)ncc4C#N)n(-c4ccccc4)c(=O)c23)c1. The molecule has 0 fully saturated rings. The molecule has 0 saturated heterocycles. The summed E-state index contributed by atoms with van der Waals surface area (Å²) in [6, 6.07) is 18.5. The molecule has 9 nitrogen and oxygen atoms in total. The molecule has 9 heteroatoms. The Morgan fingerprint density at radius 3 is 2.61 bits per heavy atom. The number of anilines is 2. The van der Waals surface area contributed by atoms with Gasteiger partial charge in [-0.3, -0.25) is 14.3 Å².